The van der Waals surface area contributed by atoms with E-state index in [2.05, 4.69) is 16.5 Å². The molecule has 1 aliphatic heterocycles. The largest absolute Gasteiger partial charge is 0.416 e. The molecule has 1 saturated carbocycles. The molecular weight excluding hydrogens is 462 g/mol. The Balaban J connectivity index is 1.48. The van der Waals surface area contributed by atoms with Gasteiger partial charge in [0, 0.05) is 23.6 Å². The monoisotopic (exact) mass is 479 g/mol. The standard InChI is InChI=1S/C23H18ClF4N3O2/c1-11-4-13(2-3-16(11)22(32)30-15-5-12(6-15)10-29)19-9-20(33-31-19)17-7-14(23(26,27)28)8-18(24)21(17)25/h2-4,7-8,12,15,20H,5-6,9H2,1H3,(H,30,32)/t12-,15+,20?. The molecule has 2 aliphatic rings. The highest BCUT2D eigenvalue weighted by atomic mass is 35.5. The Kier molecular flexibility index (Phi) is 6.06. The molecule has 1 heterocycles. The van der Waals surface area contributed by atoms with Gasteiger partial charge >= 0.3 is 6.18 Å². The third-order valence-corrected chi connectivity index (χ3v) is 6.13. The zero-order valence-corrected chi connectivity index (χ0v) is 18.1. The van der Waals surface area contributed by atoms with Gasteiger partial charge < -0.3 is 10.2 Å². The van der Waals surface area contributed by atoms with Gasteiger partial charge in [-0.2, -0.15) is 18.4 Å². The van der Waals surface area contributed by atoms with E-state index in [9.17, 15) is 22.4 Å². The maximum absolute atomic E-state index is 14.4. The number of nitrogens with zero attached hydrogens (tertiary/aromatic N) is 2. The number of halogens is 5. The molecule has 2 aromatic rings. The van der Waals surface area contributed by atoms with E-state index in [0.717, 1.165) is 0 Å². The Hall–Kier alpha value is -3.12. The van der Waals surface area contributed by atoms with Crippen molar-refractivity contribution in [3.05, 3.63) is 69.0 Å². The van der Waals surface area contributed by atoms with E-state index in [4.69, 9.17) is 21.7 Å². The molecule has 10 heteroatoms. The molecule has 2 aromatic carbocycles. The van der Waals surface area contributed by atoms with Crippen LogP contribution in [0.3, 0.4) is 0 Å². The summed E-state index contributed by atoms with van der Waals surface area (Å²) in [5, 5.41) is 15.0. The second kappa shape index (κ2) is 8.67. The average Bonchev–Trinajstić information content (AvgIpc) is 3.21. The lowest BCUT2D eigenvalue weighted by Gasteiger charge is -2.31. The van der Waals surface area contributed by atoms with Gasteiger partial charge in [0.2, 0.25) is 0 Å². The zero-order valence-electron chi connectivity index (χ0n) is 17.3. The van der Waals surface area contributed by atoms with Gasteiger partial charge in [-0.1, -0.05) is 22.8 Å². The molecule has 5 nitrogen and oxygen atoms in total. The Labute approximate surface area is 192 Å². The second-order valence-corrected chi connectivity index (χ2v) is 8.60. The Morgan fingerprint density at radius 2 is 2.00 bits per heavy atom. The minimum absolute atomic E-state index is 0.0243. The van der Waals surface area contributed by atoms with Gasteiger partial charge in [-0.05, 0) is 55.2 Å². The van der Waals surface area contributed by atoms with E-state index >= 15 is 0 Å². The van der Waals surface area contributed by atoms with Crippen LogP contribution in [-0.4, -0.2) is 17.7 Å². The maximum Gasteiger partial charge on any atom is 0.416 e. The summed E-state index contributed by atoms with van der Waals surface area (Å²) in [7, 11) is 0. The molecule has 0 saturated heterocycles. The van der Waals surface area contributed by atoms with E-state index in [1.807, 2.05) is 0 Å². The van der Waals surface area contributed by atoms with Crippen LogP contribution in [0.15, 0.2) is 35.5 Å². The smallest absolute Gasteiger partial charge is 0.387 e. The fourth-order valence-corrected chi connectivity index (χ4v) is 4.15. The molecule has 1 amide bonds. The van der Waals surface area contributed by atoms with Crippen molar-refractivity contribution in [2.75, 3.05) is 0 Å². The van der Waals surface area contributed by atoms with Crippen molar-refractivity contribution in [2.45, 2.75) is 44.5 Å². The van der Waals surface area contributed by atoms with Crippen LogP contribution in [0.1, 0.15) is 58.0 Å². The number of aryl methyl sites for hydroxylation is 1. The first-order chi connectivity index (χ1) is 15.6. The number of hydrogen-bond acceptors (Lipinski definition) is 4. The molecule has 0 radical (unpaired) electrons. The second-order valence-electron chi connectivity index (χ2n) is 8.19. The number of benzene rings is 2. The third-order valence-electron chi connectivity index (χ3n) is 5.86. The van der Waals surface area contributed by atoms with E-state index in [-0.39, 0.29) is 29.9 Å². The number of carbonyl (C=O) groups is 1. The Morgan fingerprint density at radius 1 is 1.27 bits per heavy atom. The van der Waals surface area contributed by atoms with Crippen molar-refractivity contribution < 1.29 is 27.2 Å². The lowest BCUT2D eigenvalue weighted by Crippen LogP contribution is -2.44. The molecule has 1 atom stereocenters. The first-order valence-electron chi connectivity index (χ1n) is 10.2. The summed E-state index contributed by atoms with van der Waals surface area (Å²) in [5.41, 5.74) is 0.765. The number of alkyl halides is 3. The van der Waals surface area contributed by atoms with Crippen LogP contribution >= 0.6 is 11.6 Å². The highest BCUT2D eigenvalue weighted by molar-refractivity contribution is 6.30. The van der Waals surface area contributed by atoms with Crippen molar-refractivity contribution in [1.82, 2.24) is 5.32 Å². The molecule has 0 aromatic heterocycles. The zero-order chi connectivity index (χ0) is 23.9. The van der Waals surface area contributed by atoms with Crippen LogP contribution in [0.4, 0.5) is 17.6 Å². The molecule has 0 spiro atoms. The van der Waals surface area contributed by atoms with Crippen molar-refractivity contribution in [3.63, 3.8) is 0 Å². The Bertz CT molecular complexity index is 1180. The molecule has 4 rings (SSSR count). The third kappa shape index (κ3) is 4.67. The van der Waals surface area contributed by atoms with Crippen LogP contribution in [0.25, 0.3) is 0 Å². The van der Waals surface area contributed by atoms with Gasteiger partial charge in [0.25, 0.3) is 5.91 Å². The molecule has 1 aliphatic carbocycles. The fraction of sp³-hybridized carbons (Fsp3) is 0.348. The normalized spacial score (nSPS) is 22.1. The predicted molar refractivity (Wildman–Crippen MR) is 112 cm³/mol. The van der Waals surface area contributed by atoms with E-state index in [0.29, 0.717) is 47.4 Å². The molecule has 1 unspecified atom stereocenters. The highest BCUT2D eigenvalue weighted by Gasteiger charge is 2.35. The van der Waals surface area contributed by atoms with Crippen molar-refractivity contribution >= 4 is 23.2 Å². The lowest BCUT2D eigenvalue weighted by atomic mass is 9.81. The summed E-state index contributed by atoms with van der Waals surface area (Å²) in [6.07, 6.45) is -4.45. The first-order valence-corrected chi connectivity index (χ1v) is 10.5. The van der Waals surface area contributed by atoms with E-state index < -0.39 is 28.7 Å². The van der Waals surface area contributed by atoms with Gasteiger partial charge in [-0.15, -0.1) is 0 Å². The highest BCUT2D eigenvalue weighted by Crippen LogP contribution is 2.39. The topological polar surface area (TPSA) is 74.5 Å². The molecule has 1 N–H and O–H groups in total. The van der Waals surface area contributed by atoms with Crippen LogP contribution in [0.5, 0.6) is 0 Å². The predicted octanol–water partition coefficient (Wildman–Crippen LogP) is 5.70. The van der Waals surface area contributed by atoms with Crippen molar-refractivity contribution in [1.29, 1.82) is 5.26 Å². The number of carbonyl (C=O) groups excluding carboxylic acids is 1. The quantitative estimate of drug-likeness (QED) is 0.571. The fourth-order valence-electron chi connectivity index (χ4n) is 3.93. The number of nitriles is 1. The van der Waals surface area contributed by atoms with Gasteiger partial charge in [-0.3, -0.25) is 4.79 Å². The van der Waals surface area contributed by atoms with Crippen LogP contribution in [-0.2, 0) is 11.0 Å². The summed E-state index contributed by atoms with van der Waals surface area (Å²) in [5.74, 6) is -1.25. The van der Waals surface area contributed by atoms with Crippen molar-refractivity contribution in [2.24, 2.45) is 11.1 Å². The molecule has 172 valence electrons. The van der Waals surface area contributed by atoms with E-state index in [1.54, 1.807) is 25.1 Å². The average molecular weight is 480 g/mol. The van der Waals surface area contributed by atoms with Crippen LogP contribution in [0, 0.1) is 30.0 Å². The van der Waals surface area contributed by atoms with Crippen LogP contribution < -0.4 is 5.32 Å². The van der Waals surface area contributed by atoms with Crippen molar-refractivity contribution in [3.8, 4) is 6.07 Å². The number of rotatable bonds is 4. The summed E-state index contributed by atoms with van der Waals surface area (Å²) in [6.45, 7) is 1.75. The maximum atomic E-state index is 14.4. The molecule has 1 fully saturated rings. The van der Waals surface area contributed by atoms with Crippen LogP contribution in [0.2, 0.25) is 5.02 Å². The summed E-state index contributed by atoms with van der Waals surface area (Å²) < 4.78 is 53.8. The summed E-state index contributed by atoms with van der Waals surface area (Å²) in [6, 6.07) is 8.35. The number of nitrogens with one attached hydrogen (secondary N) is 1. The van der Waals surface area contributed by atoms with Gasteiger partial charge in [0.1, 0.15) is 5.82 Å². The van der Waals surface area contributed by atoms with Gasteiger partial charge in [0.15, 0.2) is 6.10 Å². The SMILES string of the molecule is Cc1cc(C2=NOC(c3cc(C(F)(F)F)cc(Cl)c3F)C2)ccc1C(=O)N[C@H]1C[C@@H](C#N)C1. The van der Waals surface area contributed by atoms with Gasteiger partial charge in [-0.25, -0.2) is 4.39 Å². The first kappa shape index (κ1) is 23.1. The lowest BCUT2D eigenvalue weighted by molar-refractivity contribution is -0.137. The van der Waals surface area contributed by atoms with E-state index in [1.165, 1.54) is 0 Å². The minimum Gasteiger partial charge on any atom is -0.387 e. The summed E-state index contributed by atoms with van der Waals surface area (Å²) in [4.78, 5) is 17.8. The molecule has 33 heavy (non-hydrogen) atoms. The molecular formula is C23H18ClF4N3O2. The number of oxime groups is 1. The molecule has 0 bridgehead atoms. The Morgan fingerprint density at radius 3 is 2.64 bits per heavy atom. The minimum atomic E-state index is -4.68. The summed E-state index contributed by atoms with van der Waals surface area (Å²) >= 11 is 5.67. The number of amides is 1. The number of hydrogen-bond donors (Lipinski definition) is 1. The van der Waals surface area contributed by atoms with Gasteiger partial charge in [0.05, 0.1) is 28.3 Å².